The third kappa shape index (κ3) is 3.20. The maximum atomic E-state index is 12.7. The number of hydrogen-bond acceptors (Lipinski definition) is 5. The monoisotopic (exact) mass is 360 g/mol. The molecule has 0 unspecified atom stereocenters. The van der Waals surface area contributed by atoms with Gasteiger partial charge in [0.1, 0.15) is 0 Å². The summed E-state index contributed by atoms with van der Waals surface area (Å²) in [5.74, 6) is 0.316. The second-order valence-electron chi connectivity index (χ2n) is 5.98. The Morgan fingerprint density at radius 1 is 1.11 bits per heavy atom. The van der Waals surface area contributed by atoms with Gasteiger partial charge in [-0.3, -0.25) is 9.59 Å². The molecule has 0 bridgehead atoms. The molecule has 0 spiro atoms. The number of aryl methyl sites for hydroxylation is 1. The van der Waals surface area contributed by atoms with Crippen LogP contribution < -0.4 is 10.9 Å². The minimum atomic E-state index is -0.348. The van der Waals surface area contributed by atoms with Gasteiger partial charge in [0.2, 0.25) is 0 Å². The SMILES string of the molecule is Cn1nc(C(=O)NCc2ccnc(-n3cccn3)c2)c2ccccc2c1=O. The van der Waals surface area contributed by atoms with E-state index in [1.54, 1.807) is 47.5 Å². The maximum Gasteiger partial charge on any atom is 0.274 e. The van der Waals surface area contributed by atoms with Gasteiger partial charge in [-0.2, -0.15) is 10.2 Å². The van der Waals surface area contributed by atoms with Gasteiger partial charge in [0.15, 0.2) is 11.5 Å². The summed E-state index contributed by atoms with van der Waals surface area (Å²) in [5, 5.41) is 12.1. The van der Waals surface area contributed by atoms with Crippen molar-refractivity contribution < 1.29 is 4.79 Å². The number of nitrogens with zero attached hydrogens (tertiary/aromatic N) is 5. The van der Waals surface area contributed by atoms with E-state index in [0.717, 1.165) is 5.56 Å². The van der Waals surface area contributed by atoms with Crippen LogP contribution in [0.5, 0.6) is 0 Å². The van der Waals surface area contributed by atoms with Crippen LogP contribution in [-0.4, -0.2) is 30.5 Å². The molecule has 0 aliphatic rings. The molecule has 8 nitrogen and oxygen atoms in total. The van der Waals surface area contributed by atoms with E-state index >= 15 is 0 Å². The summed E-state index contributed by atoms with van der Waals surface area (Å²) in [4.78, 5) is 29.1. The molecule has 0 radical (unpaired) electrons. The lowest BCUT2D eigenvalue weighted by molar-refractivity contribution is 0.0945. The molecular weight excluding hydrogens is 344 g/mol. The Labute approximate surface area is 154 Å². The summed E-state index contributed by atoms with van der Waals surface area (Å²) in [6, 6.07) is 12.4. The van der Waals surface area contributed by atoms with Crippen molar-refractivity contribution in [2.24, 2.45) is 7.05 Å². The average molecular weight is 360 g/mol. The molecule has 0 saturated carbocycles. The normalized spacial score (nSPS) is 10.9. The third-order valence-electron chi connectivity index (χ3n) is 4.17. The zero-order valence-corrected chi connectivity index (χ0v) is 14.5. The zero-order chi connectivity index (χ0) is 18.8. The molecule has 4 aromatic rings. The van der Waals surface area contributed by atoms with Gasteiger partial charge in [0.05, 0.1) is 5.39 Å². The fraction of sp³-hybridized carbons (Fsp3) is 0.105. The summed E-state index contributed by atoms with van der Waals surface area (Å²) in [6.45, 7) is 0.300. The van der Waals surface area contributed by atoms with Gasteiger partial charge >= 0.3 is 0 Å². The fourth-order valence-corrected chi connectivity index (χ4v) is 2.83. The first-order valence-corrected chi connectivity index (χ1v) is 8.32. The van der Waals surface area contributed by atoms with Gasteiger partial charge in [-0.05, 0) is 29.8 Å². The van der Waals surface area contributed by atoms with Crippen molar-refractivity contribution in [2.45, 2.75) is 6.54 Å². The van der Waals surface area contributed by atoms with E-state index in [0.29, 0.717) is 23.1 Å². The summed E-state index contributed by atoms with van der Waals surface area (Å²) in [6.07, 6.45) is 5.14. The number of aromatic nitrogens is 5. The van der Waals surface area contributed by atoms with Crippen LogP contribution in [0.4, 0.5) is 0 Å². The molecule has 1 amide bonds. The van der Waals surface area contributed by atoms with Crippen molar-refractivity contribution in [1.29, 1.82) is 0 Å². The second kappa shape index (κ2) is 6.83. The van der Waals surface area contributed by atoms with Crippen molar-refractivity contribution >= 4 is 16.7 Å². The average Bonchev–Trinajstić information content (AvgIpc) is 3.24. The lowest BCUT2D eigenvalue weighted by Gasteiger charge is -2.09. The number of amides is 1. The van der Waals surface area contributed by atoms with Crippen LogP contribution in [0.15, 0.2) is 65.8 Å². The molecule has 1 aromatic carbocycles. The molecule has 3 aromatic heterocycles. The highest BCUT2D eigenvalue weighted by atomic mass is 16.2. The Bertz CT molecular complexity index is 1180. The first-order chi connectivity index (χ1) is 13.1. The highest BCUT2D eigenvalue weighted by Crippen LogP contribution is 2.13. The molecule has 4 rings (SSSR count). The van der Waals surface area contributed by atoms with E-state index < -0.39 is 0 Å². The Morgan fingerprint density at radius 2 is 1.93 bits per heavy atom. The fourth-order valence-electron chi connectivity index (χ4n) is 2.83. The molecule has 3 heterocycles. The van der Waals surface area contributed by atoms with Crippen LogP contribution in [0, 0.1) is 0 Å². The van der Waals surface area contributed by atoms with Crippen molar-refractivity contribution in [1.82, 2.24) is 29.9 Å². The quantitative estimate of drug-likeness (QED) is 0.594. The van der Waals surface area contributed by atoms with Crippen molar-refractivity contribution in [3.05, 3.63) is 82.7 Å². The smallest absolute Gasteiger partial charge is 0.274 e. The van der Waals surface area contributed by atoms with E-state index in [-0.39, 0.29) is 17.2 Å². The Morgan fingerprint density at radius 3 is 2.70 bits per heavy atom. The van der Waals surface area contributed by atoms with Crippen LogP contribution in [-0.2, 0) is 13.6 Å². The Hall–Kier alpha value is -3.81. The summed E-state index contributed by atoms with van der Waals surface area (Å²) >= 11 is 0. The van der Waals surface area contributed by atoms with Crippen LogP contribution in [0.2, 0.25) is 0 Å². The minimum Gasteiger partial charge on any atom is -0.347 e. The standard InChI is InChI=1S/C19H16N6O2/c1-24-19(27)15-6-3-2-5-14(15)17(23-24)18(26)21-12-13-7-9-20-16(11-13)25-10-4-8-22-25/h2-11H,12H2,1H3,(H,21,26). The van der Waals surface area contributed by atoms with Gasteiger partial charge in [-0.1, -0.05) is 18.2 Å². The highest BCUT2D eigenvalue weighted by molar-refractivity contribution is 6.04. The van der Waals surface area contributed by atoms with Crippen LogP contribution in [0.25, 0.3) is 16.6 Å². The molecule has 0 aliphatic heterocycles. The highest BCUT2D eigenvalue weighted by Gasteiger charge is 2.15. The molecule has 0 fully saturated rings. The van der Waals surface area contributed by atoms with E-state index in [2.05, 4.69) is 20.5 Å². The molecule has 0 atom stereocenters. The van der Waals surface area contributed by atoms with Crippen LogP contribution in [0.1, 0.15) is 16.1 Å². The maximum absolute atomic E-state index is 12.7. The van der Waals surface area contributed by atoms with Crippen LogP contribution in [0.3, 0.4) is 0 Å². The van der Waals surface area contributed by atoms with Crippen molar-refractivity contribution in [3.63, 3.8) is 0 Å². The van der Waals surface area contributed by atoms with Crippen molar-refractivity contribution in [2.75, 3.05) is 0 Å². The van der Waals surface area contributed by atoms with Crippen molar-refractivity contribution in [3.8, 4) is 5.82 Å². The first-order valence-electron chi connectivity index (χ1n) is 8.32. The number of benzene rings is 1. The number of hydrogen-bond donors (Lipinski definition) is 1. The Kier molecular flexibility index (Phi) is 4.21. The number of pyridine rings is 1. The lowest BCUT2D eigenvalue weighted by Crippen LogP contribution is -2.29. The van der Waals surface area contributed by atoms with Gasteiger partial charge < -0.3 is 5.32 Å². The number of rotatable bonds is 4. The molecule has 0 aliphatic carbocycles. The van der Waals surface area contributed by atoms with E-state index in [1.165, 1.54) is 11.7 Å². The zero-order valence-electron chi connectivity index (χ0n) is 14.5. The minimum absolute atomic E-state index is 0.217. The second-order valence-corrected chi connectivity index (χ2v) is 5.98. The summed E-state index contributed by atoms with van der Waals surface area (Å²) in [5.41, 5.74) is 0.854. The van der Waals surface area contributed by atoms with Gasteiger partial charge in [-0.25, -0.2) is 14.3 Å². The van der Waals surface area contributed by atoms with Gasteiger partial charge in [-0.15, -0.1) is 0 Å². The largest absolute Gasteiger partial charge is 0.347 e. The Balaban J connectivity index is 1.59. The van der Waals surface area contributed by atoms with Gasteiger partial charge in [0.25, 0.3) is 11.5 Å². The van der Waals surface area contributed by atoms with E-state index in [1.807, 2.05) is 18.2 Å². The molecule has 27 heavy (non-hydrogen) atoms. The first kappa shape index (κ1) is 16.6. The summed E-state index contributed by atoms with van der Waals surface area (Å²) < 4.78 is 2.83. The van der Waals surface area contributed by atoms with Gasteiger partial charge in [0, 0.05) is 37.6 Å². The molecule has 8 heteroatoms. The predicted molar refractivity (Wildman–Crippen MR) is 99.5 cm³/mol. The number of nitrogens with one attached hydrogen (secondary N) is 1. The van der Waals surface area contributed by atoms with Crippen LogP contribution >= 0.6 is 0 Å². The molecular formula is C19H16N6O2. The molecule has 0 saturated heterocycles. The summed E-state index contributed by atoms with van der Waals surface area (Å²) in [7, 11) is 1.53. The third-order valence-corrected chi connectivity index (χ3v) is 4.17. The molecule has 134 valence electrons. The topological polar surface area (TPSA) is 94.7 Å². The van der Waals surface area contributed by atoms with E-state index in [9.17, 15) is 9.59 Å². The number of carbonyl (C=O) groups is 1. The lowest BCUT2D eigenvalue weighted by atomic mass is 10.1. The predicted octanol–water partition coefficient (Wildman–Crippen LogP) is 1.44. The molecule has 1 N–H and O–H groups in total. The number of fused-ring (bicyclic) bond motifs is 1. The number of carbonyl (C=O) groups excluding carboxylic acids is 1. The van der Waals surface area contributed by atoms with E-state index in [4.69, 9.17) is 0 Å².